The second-order valence-corrected chi connectivity index (χ2v) is 5.99. The van der Waals surface area contributed by atoms with Crippen LogP contribution >= 0.6 is 11.8 Å². The van der Waals surface area contributed by atoms with Gasteiger partial charge in [0.05, 0.1) is 6.10 Å². The number of hydrogen-bond donors (Lipinski definition) is 1. The van der Waals surface area contributed by atoms with E-state index in [9.17, 15) is 0 Å². The van der Waals surface area contributed by atoms with Crippen molar-refractivity contribution < 1.29 is 4.74 Å². The summed E-state index contributed by atoms with van der Waals surface area (Å²) >= 11 is 2.00. The van der Waals surface area contributed by atoms with Gasteiger partial charge in [0.1, 0.15) is 0 Å². The lowest BCUT2D eigenvalue weighted by atomic mass is 10.0. The van der Waals surface area contributed by atoms with E-state index in [0.717, 1.165) is 19.7 Å². The van der Waals surface area contributed by atoms with Crippen LogP contribution in [-0.2, 0) is 4.74 Å². The minimum atomic E-state index is 0.425. The van der Waals surface area contributed by atoms with Gasteiger partial charge < -0.3 is 10.1 Å². The fourth-order valence-electron chi connectivity index (χ4n) is 2.29. The van der Waals surface area contributed by atoms with Gasteiger partial charge in [-0.05, 0) is 38.4 Å². The molecule has 2 nitrogen and oxygen atoms in total. The van der Waals surface area contributed by atoms with Gasteiger partial charge in [0, 0.05) is 24.4 Å². The Morgan fingerprint density at radius 1 is 1.31 bits per heavy atom. The molecule has 0 saturated carbocycles. The maximum Gasteiger partial charge on any atom is 0.0699 e. The summed E-state index contributed by atoms with van der Waals surface area (Å²) < 4.78 is 6.15. The SMILES string of the molecule is CCC(CC)(CNCC1CCCCO1)SC. The van der Waals surface area contributed by atoms with Gasteiger partial charge in [-0.1, -0.05) is 13.8 Å². The van der Waals surface area contributed by atoms with E-state index in [4.69, 9.17) is 4.74 Å². The average molecular weight is 245 g/mol. The molecule has 3 heteroatoms. The van der Waals surface area contributed by atoms with E-state index in [1.165, 1.54) is 32.1 Å². The topological polar surface area (TPSA) is 21.3 Å². The molecule has 1 heterocycles. The molecule has 0 amide bonds. The van der Waals surface area contributed by atoms with E-state index in [1.807, 2.05) is 11.8 Å². The molecule has 0 aromatic rings. The van der Waals surface area contributed by atoms with Gasteiger partial charge >= 0.3 is 0 Å². The molecule has 16 heavy (non-hydrogen) atoms. The van der Waals surface area contributed by atoms with E-state index in [1.54, 1.807) is 0 Å². The first kappa shape index (κ1) is 14.3. The van der Waals surface area contributed by atoms with Gasteiger partial charge in [-0.3, -0.25) is 0 Å². The lowest BCUT2D eigenvalue weighted by molar-refractivity contribution is 0.0167. The molecular weight excluding hydrogens is 218 g/mol. The van der Waals surface area contributed by atoms with Crippen LogP contribution in [0.15, 0.2) is 0 Å². The second kappa shape index (κ2) is 7.57. The van der Waals surface area contributed by atoms with Crippen molar-refractivity contribution in [1.29, 1.82) is 0 Å². The Bertz CT molecular complexity index is 169. The zero-order chi connectivity index (χ0) is 11.9. The quantitative estimate of drug-likeness (QED) is 0.745. The van der Waals surface area contributed by atoms with Crippen LogP contribution < -0.4 is 5.32 Å². The third kappa shape index (κ3) is 4.27. The fraction of sp³-hybridized carbons (Fsp3) is 1.00. The summed E-state index contributed by atoms with van der Waals surface area (Å²) in [6, 6.07) is 0. The molecule has 1 aliphatic heterocycles. The summed E-state index contributed by atoms with van der Waals surface area (Å²) in [6.45, 7) is 7.68. The highest BCUT2D eigenvalue weighted by Gasteiger charge is 2.24. The van der Waals surface area contributed by atoms with Gasteiger partial charge in [0.2, 0.25) is 0 Å². The Kier molecular flexibility index (Phi) is 6.78. The first-order chi connectivity index (χ1) is 7.76. The van der Waals surface area contributed by atoms with Crippen LogP contribution in [0.5, 0.6) is 0 Å². The third-order valence-electron chi connectivity index (χ3n) is 3.81. The lowest BCUT2D eigenvalue weighted by Gasteiger charge is -2.31. The molecule has 0 radical (unpaired) electrons. The summed E-state index contributed by atoms with van der Waals surface area (Å²) in [5.41, 5.74) is 0. The highest BCUT2D eigenvalue weighted by Crippen LogP contribution is 2.29. The van der Waals surface area contributed by atoms with E-state index >= 15 is 0 Å². The number of nitrogens with one attached hydrogen (secondary N) is 1. The highest BCUT2D eigenvalue weighted by molar-refractivity contribution is 8.00. The minimum Gasteiger partial charge on any atom is -0.377 e. The smallest absolute Gasteiger partial charge is 0.0699 e. The molecular formula is C13H27NOS. The summed E-state index contributed by atoms with van der Waals surface area (Å²) in [5.74, 6) is 0. The molecule has 0 spiro atoms. The molecule has 1 aliphatic rings. The maximum atomic E-state index is 5.72. The number of ether oxygens (including phenoxy) is 1. The predicted octanol–water partition coefficient (Wildman–Crippen LogP) is 3.07. The van der Waals surface area contributed by atoms with Gasteiger partial charge in [-0.25, -0.2) is 0 Å². The molecule has 0 aliphatic carbocycles. The fourth-order valence-corrected chi connectivity index (χ4v) is 3.11. The molecule has 1 atom stereocenters. The van der Waals surface area contributed by atoms with Crippen LogP contribution in [-0.4, -0.2) is 36.8 Å². The van der Waals surface area contributed by atoms with Crippen LogP contribution in [0.2, 0.25) is 0 Å². The maximum absolute atomic E-state index is 5.72. The molecule has 1 N–H and O–H groups in total. The molecule has 0 aromatic heterocycles. The van der Waals surface area contributed by atoms with Gasteiger partial charge in [-0.15, -0.1) is 0 Å². The van der Waals surface area contributed by atoms with E-state index in [0.29, 0.717) is 10.9 Å². The van der Waals surface area contributed by atoms with Crippen molar-refractivity contribution in [3.8, 4) is 0 Å². The summed E-state index contributed by atoms with van der Waals surface area (Å²) in [4.78, 5) is 0. The highest BCUT2D eigenvalue weighted by atomic mass is 32.2. The molecule has 0 bridgehead atoms. The summed E-state index contributed by atoms with van der Waals surface area (Å²) in [7, 11) is 0. The minimum absolute atomic E-state index is 0.425. The van der Waals surface area contributed by atoms with Gasteiger partial charge in [0.25, 0.3) is 0 Å². The number of rotatable bonds is 7. The van der Waals surface area contributed by atoms with Crippen molar-refractivity contribution in [3.05, 3.63) is 0 Å². The molecule has 1 saturated heterocycles. The normalized spacial score (nSPS) is 22.3. The van der Waals surface area contributed by atoms with Crippen LogP contribution in [0, 0.1) is 0 Å². The largest absolute Gasteiger partial charge is 0.377 e. The van der Waals surface area contributed by atoms with E-state index < -0.39 is 0 Å². The molecule has 0 aromatic carbocycles. The van der Waals surface area contributed by atoms with Crippen LogP contribution in [0.1, 0.15) is 46.0 Å². The monoisotopic (exact) mass is 245 g/mol. The molecule has 1 unspecified atom stereocenters. The van der Waals surface area contributed by atoms with Gasteiger partial charge in [-0.2, -0.15) is 11.8 Å². The predicted molar refractivity (Wildman–Crippen MR) is 73.3 cm³/mol. The first-order valence-corrected chi connectivity index (χ1v) is 7.86. The number of hydrogen-bond acceptors (Lipinski definition) is 3. The summed E-state index contributed by atoms with van der Waals surface area (Å²) in [5, 5.41) is 3.60. The Labute approximate surface area is 105 Å². The zero-order valence-electron chi connectivity index (χ0n) is 11.1. The Morgan fingerprint density at radius 2 is 2.06 bits per heavy atom. The molecule has 96 valence electrons. The second-order valence-electron chi connectivity index (χ2n) is 4.71. The van der Waals surface area contributed by atoms with Crippen LogP contribution in [0.25, 0.3) is 0 Å². The first-order valence-electron chi connectivity index (χ1n) is 6.64. The summed E-state index contributed by atoms with van der Waals surface area (Å²) in [6.07, 6.45) is 8.98. The Hall–Kier alpha value is 0.270. The Morgan fingerprint density at radius 3 is 2.56 bits per heavy atom. The third-order valence-corrected chi connectivity index (χ3v) is 5.40. The zero-order valence-corrected chi connectivity index (χ0v) is 11.9. The van der Waals surface area contributed by atoms with Crippen molar-refractivity contribution in [1.82, 2.24) is 5.32 Å². The number of thioether (sulfide) groups is 1. The van der Waals surface area contributed by atoms with E-state index in [2.05, 4.69) is 25.4 Å². The van der Waals surface area contributed by atoms with Crippen molar-refractivity contribution in [2.75, 3.05) is 26.0 Å². The van der Waals surface area contributed by atoms with E-state index in [-0.39, 0.29) is 0 Å². The standard InChI is InChI=1S/C13H27NOS/c1-4-13(5-2,16-3)11-14-10-12-8-6-7-9-15-12/h12,14H,4-11H2,1-3H3. The lowest BCUT2D eigenvalue weighted by Crippen LogP contribution is -2.41. The molecule has 1 rings (SSSR count). The molecule has 1 fully saturated rings. The van der Waals surface area contributed by atoms with Crippen LogP contribution in [0.4, 0.5) is 0 Å². The van der Waals surface area contributed by atoms with Crippen molar-refractivity contribution in [2.24, 2.45) is 0 Å². The van der Waals surface area contributed by atoms with Crippen molar-refractivity contribution >= 4 is 11.8 Å². The van der Waals surface area contributed by atoms with Crippen LogP contribution in [0.3, 0.4) is 0 Å². The Balaban J connectivity index is 2.21. The van der Waals surface area contributed by atoms with Gasteiger partial charge in [0.15, 0.2) is 0 Å². The van der Waals surface area contributed by atoms with Crippen molar-refractivity contribution in [3.63, 3.8) is 0 Å². The van der Waals surface area contributed by atoms with Crippen molar-refractivity contribution in [2.45, 2.75) is 56.8 Å². The average Bonchev–Trinajstić information content (AvgIpc) is 2.37.